The molecule has 4 fully saturated rings. The highest BCUT2D eigenvalue weighted by molar-refractivity contribution is 6.03. The number of nitrogens with zero attached hydrogens (tertiary/aromatic N) is 5. The Labute approximate surface area is 257 Å². The summed E-state index contributed by atoms with van der Waals surface area (Å²) in [6.07, 6.45) is 8.73. The molecule has 8 nitrogen and oxygen atoms in total. The number of ether oxygens (including phenoxy) is 1. The molecule has 0 saturated carbocycles. The van der Waals surface area contributed by atoms with Gasteiger partial charge in [-0.05, 0) is 55.8 Å². The number of piperazine rings is 1. The number of terminal acetylenes is 1. The number of anilines is 2. The second kappa shape index (κ2) is 10.4. The molecule has 232 valence electrons. The van der Waals surface area contributed by atoms with Crippen LogP contribution in [0.5, 0.6) is 6.01 Å². The third kappa shape index (κ3) is 4.55. The van der Waals surface area contributed by atoms with Crippen LogP contribution in [0, 0.1) is 29.8 Å². The van der Waals surface area contributed by atoms with Gasteiger partial charge in [0.1, 0.15) is 41.6 Å². The normalized spacial score (nSPS) is 26.1. The third-order valence-corrected chi connectivity index (χ3v) is 9.94. The molecule has 2 aromatic heterocycles. The molecule has 4 aliphatic heterocycles. The van der Waals surface area contributed by atoms with E-state index in [1.807, 2.05) is 4.90 Å². The van der Waals surface area contributed by atoms with Crippen molar-refractivity contribution in [2.75, 3.05) is 43.4 Å². The second-order valence-corrected chi connectivity index (χ2v) is 12.7. The molecular formula is C33H31F4N7O. The van der Waals surface area contributed by atoms with Crippen LogP contribution in [0.1, 0.15) is 37.7 Å². The van der Waals surface area contributed by atoms with Crippen LogP contribution in [-0.4, -0.2) is 76.4 Å². The van der Waals surface area contributed by atoms with Gasteiger partial charge < -0.3 is 20.7 Å². The maximum absolute atomic E-state index is 16.8. The Bertz CT molecular complexity index is 1900. The Morgan fingerprint density at radius 3 is 2.64 bits per heavy atom. The van der Waals surface area contributed by atoms with Crippen LogP contribution in [0.2, 0.25) is 0 Å². The van der Waals surface area contributed by atoms with Crippen LogP contribution in [-0.2, 0) is 0 Å². The number of alkyl halides is 1. The number of pyridine rings is 1. The zero-order valence-electron chi connectivity index (χ0n) is 24.4. The first-order valence-corrected chi connectivity index (χ1v) is 15.3. The molecule has 4 saturated heterocycles. The number of fused-ring (bicyclic) bond motifs is 5. The zero-order chi connectivity index (χ0) is 31.0. The van der Waals surface area contributed by atoms with Crippen LogP contribution in [0.4, 0.5) is 29.2 Å². The minimum atomic E-state index is -1.02. The number of halogens is 4. The first-order chi connectivity index (χ1) is 21.7. The Kier molecular flexibility index (Phi) is 6.55. The van der Waals surface area contributed by atoms with Crippen molar-refractivity contribution in [1.82, 2.24) is 25.2 Å². The summed E-state index contributed by atoms with van der Waals surface area (Å²) in [5, 5.41) is 4.18. The number of hydrogen-bond donors (Lipinski definition) is 2. The molecule has 8 rings (SSSR count). The van der Waals surface area contributed by atoms with Crippen LogP contribution in [0.15, 0.2) is 24.3 Å². The summed E-state index contributed by atoms with van der Waals surface area (Å²) < 4.78 is 68.4. The lowest BCUT2D eigenvalue weighted by molar-refractivity contribution is 0.107. The van der Waals surface area contributed by atoms with Gasteiger partial charge in [-0.3, -0.25) is 4.90 Å². The lowest BCUT2D eigenvalue weighted by atomic mass is 9.95. The van der Waals surface area contributed by atoms with Gasteiger partial charge in [0.25, 0.3) is 0 Å². The van der Waals surface area contributed by atoms with Crippen molar-refractivity contribution < 1.29 is 22.3 Å². The summed E-state index contributed by atoms with van der Waals surface area (Å²) in [5.41, 5.74) is 4.45. The van der Waals surface area contributed by atoms with E-state index in [1.54, 1.807) is 0 Å². The minimum absolute atomic E-state index is 0.0160. The van der Waals surface area contributed by atoms with E-state index in [9.17, 15) is 8.78 Å². The number of benzene rings is 2. The molecule has 0 aliphatic carbocycles. The second-order valence-electron chi connectivity index (χ2n) is 12.7. The molecule has 3 N–H and O–H groups in total. The Hall–Kier alpha value is -4.21. The van der Waals surface area contributed by atoms with E-state index in [-0.39, 0.29) is 58.1 Å². The fourth-order valence-electron chi connectivity index (χ4n) is 7.97. The molecule has 2 unspecified atom stereocenters. The number of hydrogen-bond acceptors (Lipinski definition) is 8. The van der Waals surface area contributed by atoms with E-state index in [0.717, 1.165) is 32.2 Å². The van der Waals surface area contributed by atoms with Crippen molar-refractivity contribution in [2.45, 2.75) is 55.9 Å². The van der Waals surface area contributed by atoms with E-state index in [0.29, 0.717) is 37.3 Å². The van der Waals surface area contributed by atoms with Gasteiger partial charge in [0.05, 0.1) is 22.4 Å². The summed E-state index contributed by atoms with van der Waals surface area (Å²) in [7, 11) is 0. The SMILES string of the molecule is C#Cc1c(F)ccc2cc(N)nc(-c3c(F)cc4c(N5CC6CCC(C5)N6)nc(OC[C@@]56CCCN5C[C@H](F)C6)nc4c3F)c12. The number of nitrogens with two attached hydrogens (primary N) is 1. The fourth-order valence-corrected chi connectivity index (χ4v) is 7.97. The van der Waals surface area contributed by atoms with Gasteiger partial charge in [0, 0.05) is 48.9 Å². The highest BCUT2D eigenvalue weighted by atomic mass is 19.1. The average Bonchev–Trinajstić information content (AvgIpc) is 3.66. The van der Waals surface area contributed by atoms with Gasteiger partial charge in [-0.15, -0.1) is 6.42 Å². The number of rotatable bonds is 5. The van der Waals surface area contributed by atoms with Crippen LogP contribution < -0.4 is 20.7 Å². The van der Waals surface area contributed by atoms with Gasteiger partial charge in [-0.1, -0.05) is 12.0 Å². The topological polar surface area (TPSA) is 92.4 Å². The smallest absolute Gasteiger partial charge is 0.319 e. The van der Waals surface area contributed by atoms with E-state index in [1.165, 1.54) is 24.3 Å². The molecule has 4 aliphatic rings. The van der Waals surface area contributed by atoms with Crippen LogP contribution in [0.3, 0.4) is 0 Å². The molecule has 12 heteroatoms. The quantitative estimate of drug-likeness (QED) is 0.246. The molecule has 0 amide bonds. The highest BCUT2D eigenvalue weighted by Crippen LogP contribution is 2.42. The Morgan fingerprint density at radius 2 is 1.87 bits per heavy atom. The highest BCUT2D eigenvalue weighted by Gasteiger charge is 2.49. The number of nitrogen functional groups attached to an aromatic ring is 1. The van der Waals surface area contributed by atoms with Crippen LogP contribution >= 0.6 is 0 Å². The molecule has 0 radical (unpaired) electrons. The van der Waals surface area contributed by atoms with Gasteiger partial charge >= 0.3 is 6.01 Å². The monoisotopic (exact) mass is 617 g/mol. The average molecular weight is 618 g/mol. The molecular weight excluding hydrogens is 586 g/mol. The lowest BCUT2D eigenvalue weighted by Crippen LogP contribution is -2.51. The molecule has 2 bridgehead atoms. The zero-order valence-corrected chi connectivity index (χ0v) is 24.4. The van der Waals surface area contributed by atoms with Crippen molar-refractivity contribution in [3.05, 3.63) is 47.3 Å². The molecule has 45 heavy (non-hydrogen) atoms. The maximum atomic E-state index is 16.8. The standard InChI is InChI=1S/C33H31F4N7O/c1-2-21-23(35)7-4-17-10-25(38)40-30(26(17)21)27-24(36)11-22-29(28(27)37)41-32(42-31(22)43-14-19-5-6-20(15-43)39-19)45-16-33-8-3-9-44(33)13-18(34)12-33/h1,4,7,10-11,18-20,39H,3,5-6,8-9,12-16H2,(H2,38,40)/t18-,19?,20?,33+/m1/s1. The predicted molar refractivity (Wildman–Crippen MR) is 163 cm³/mol. The van der Waals surface area contributed by atoms with Gasteiger partial charge in [0.2, 0.25) is 0 Å². The summed E-state index contributed by atoms with van der Waals surface area (Å²) in [6.45, 7) is 2.49. The molecule has 4 aromatic rings. The predicted octanol–water partition coefficient (Wildman–Crippen LogP) is 4.72. The van der Waals surface area contributed by atoms with Crippen molar-refractivity contribution in [1.29, 1.82) is 0 Å². The molecule has 2 aromatic carbocycles. The summed E-state index contributed by atoms with van der Waals surface area (Å²) >= 11 is 0. The first kappa shape index (κ1) is 28.3. The van der Waals surface area contributed by atoms with Gasteiger partial charge in [0.15, 0.2) is 5.82 Å². The summed E-state index contributed by atoms with van der Waals surface area (Å²) in [6, 6.07) is 5.63. The fraction of sp³-hybridized carbons (Fsp3) is 0.424. The maximum Gasteiger partial charge on any atom is 0.319 e. The summed E-state index contributed by atoms with van der Waals surface area (Å²) in [5.74, 6) is -0.0533. The van der Waals surface area contributed by atoms with E-state index in [2.05, 4.69) is 26.1 Å². The largest absolute Gasteiger partial charge is 0.461 e. The van der Waals surface area contributed by atoms with E-state index < -0.39 is 34.7 Å². The van der Waals surface area contributed by atoms with E-state index in [4.69, 9.17) is 21.9 Å². The minimum Gasteiger partial charge on any atom is -0.461 e. The van der Waals surface area contributed by atoms with Crippen molar-refractivity contribution >= 4 is 33.3 Å². The van der Waals surface area contributed by atoms with Crippen molar-refractivity contribution in [3.8, 4) is 29.6 Å². The van der Waals surface area contributed by atoms with Crippen molar-refractivity contribution in [2.24, 2.45) is 0 Å². The Morgan fingerprint density at radius 1 is 1.07 bits per heavy atom. The van der Waals surface area contributed by atoms with Crippen LogP contribution in [0.25, 0.3) is 32.9 Å². The molecule has 0 spiro atoms. The van der Waals surface area contributed by atoms with Gasteiger partial charge in [-0.25, -0.2) is 22.5 Å². The lowest BCUT2D eigenvalue weighted by Gasteiger charge is -2.34. The molecule has 4 atom stereocenters. The third-order valence-electron chi connectivity index (χ3n) is 9.94. The van der Waals surface area contributed by atoms with Crippen molar-refractivity contribution in [3.63, 3.8) is 0 Å². The van der Waals surface area contributed by atoms with Gasteiger partial charge in [-0.2, -0.15) is 9.97 Å². The number of aromatic nitrogens is 3. The number of nitrogens with one attached hydrogen (secondary N) is 1. The Balaban J connectivity index is 1.30. The first-order valence-electron chi connectivity index (χ1n) is 15.3. The van der Waals surface area contributed by atoms with E-state index >= 15 is 8.78 Å². The summed E-state index contributed by atoms with van der Waals surface area (Å²) in [4.78, 5) is 17.5. The molecule has 6 heterocycles.